The van der Waals surface area contributed by atoms with Crippen LogP contribution in [0.5, 0.6) is 0 Å². The van der Waals surface area contributed by atoms with Gasteiger partial charge in [0.1, 0.15) is 0 Å². The topological polar surface area (TPSA) is 40.6 Å². The minimum absolute atomic E-state index is 0.266. The molecule has 0 bridgehead atoms. The summed E-state index contributed by atoms with van der Waals surface area (Å²) in [6, 6.07) is 25.0. The largest absolute Gasteiger partial charge is 0.338 e. The van der Waals surface area contributed by atoms with Crippen LogP contribution in [0.25, 0.3) is 11.1 Å². The smallest absolute Gasteiger partial charge is 0.298 e. The number of hydrogen-bond acceptors (Lipinski definition) is 5. The Balaban J connectivity index is 1.08. The summed E-state index contributed by atoms with van der Waals surface area (Å²) in [5, 5.41) is 0.756. The van der Waals surface area contributed by atoms with Gasteiger partial charge in [-0.1, -0.05) is 92.9 Å². The second kappa shape index (κ2) is 13.0. The predicted molar refractivity (Wildman–Crippen MR) is 178 cm³/mol. The normalized spacial score (nSPS) is 22.4. The Hall–Kier alpha value is -3.22. The SMILES string of the molecule is CCCCCC1CCC(c2ccc(-c3ccc(N4C(=O)S/C(=C\C=C5\Sc6ccccc6N5C)C4=O)cc3)cc2)CC1. The first-order valence-corrected chi connectivity index (χ1v) is 16.8. The minimum Gasteiger partial charge on any atom is -0.338 e. The van der Waals surface area contributed by atoms with Gasteiger partial charge in [-0.2, -0.15) is 0 Å². The Kier molecular flexibility index (Phi) is 8.92. The third kappa shape index (κ3) is 6.11. The molecule has 1 aliphatic carbocycles. The lowest BCUT2D eigenvalue weighted by molar-refractivity contribution is -0.113. The molecule has 2 heterocycles. The number of para-hydroxylation sites is 1. The highest BCUT2D eigenvalue weighted by molar-refractivity contribution is 8.18. The molecule has 2 fully saturated rings. The van der Waals surface area contributed by atoms with E-state index in [0.717, 1.165) is 39.5 Å². The molecule has 3 aromatic carbocycles. The van der Waals surface area contributed by atoms with E-state index < -0.39 is 0 Å². The first-order valence-electron chi connectivity index (χ1n) is 15.2. The number of carbonyl (C=O) groups is 2. The lowest BCUT2D eigenvalue weighted by atomic mass is 9.77. The van der Waals surface area contributed by atoms with Gasteiger partial charge in [0.25, 0.3) is 11.1 Å². The summed E-state index contributed by atoms with van der Waals surface area (Å²) < 4.78 is 0. The molecule has 0 aromatic heterocycles. The highest BCUT2D eigenvalue weighted by Gasteiger charge is 2.36. The van der Waals surface area contributed by atoms with E-state index in [1.165, 1.54) is 66.7 Å². The zero-order valence-corrected chi connectivity index (χ0v) is 26.1. The van der Waals surface area contributed by atoms with Crippen LogP contribution in [0.4, 0.5) is 16.2 Å². The Morgan fingerprint density at radius 2 is 1.50 bits per heavy atom. The average molecular weight is 595 g/mol. The number of carbonyl (C=O) groups excluding carboxylic acids is 2. The molecule has 2 aliphatic heterocycles. The molecule has 2 amide bonds. The molecule has 0 unspecified atom stereocenters. The number of nitrogens with zero attached hydrogens (tertiary/aromatic N) is 2. The number of imide groups is 1. The van der Waals surface area contributed by atoms with E-state index in [1.807, 2.05) is 49.5 Å². The van der Waals surface area contributed by atoms with E-state index in [-0.39, 0.29) is 11.1 Å². The van der Waals surface area contributed by atoms with E-state index in [4.69, 9.17) is 0 Å². The molecule has 0 N–H and O–H groups in total. The number of thioether (sulfide) groups is 2. The molecule has 0 atom stereocenters. The molecular formula is C36H38N2O2S2. The van der Waals surface area contributed by atoms with E-state index in [9.17, 15) is 9.59 Å². The van der Waals surface area contributed by atoms with E-state index in [2.05, 4.69) is 48.2 Å². The van der Waals surface area contributed by atoms with Gasteiger partial charge in [0.15, 0.2) is 0 Å². The summed E-state index contributed by atoms with van der Waals surface area (Å²) in [5.41, 5.74) is 5.43. The summed E-state index contributed by atoms with van der Waals surface area (Å²) in [4.78, 5) is 31.1. The molecule has 0 spiro atoms. The van der Waals surface area contributed by atoms with Gasteiger partial charge >= 0.3 is 0 Å². The van der Waals surface area contributed by atoms with Gasteiger partial charge in [0, 0.05) is 11.9 Å². The number of hydrogen-bond donors (Lipinski definition) is 0. The van der Waals surface area contributed by atoms with Crippen LogP contribution in [0, 0.1) is 5.92 Å². The van der Waals surface area contributed by atoms with Crippen LogP contribution in [-0.2, 0) is 4.79 Å². The second-order valence-electron chi connectivity index (χ2n) is 11.6. The van der Waals surface area contributed by atoms with E-state index in [1.54, 1.807) is 17.8 Å². The van der Waals surface area contributed by atoms with E-state index >= 15 is 0 Å². The first-order chi connectivity index (χ1) is 20.5. The van der Waals surface area contributed by atoms with Crippen molar-refractivity contribution in [1.82, 2.24) is 0 Å². The number of amides is 2. The Morgan fingerprint density at radius 3 is 2.19 bits per heavy atom. The van der Waals surface area contributed by atoms with Gasteiger partial charge in [0.2, 0.25) is 0 Å². The zero-order valence-electron chi connectivity index (χ0n) is 24.4. The van der Waals surface area contributed by atoms with Crippen LogP contribution in [0.2, 0.25) is 0 Å². The van der Waals surface area contributed by atoms with Gasteiger partial charge in [0.05, 0.1) is 21.3 Å². The van der Waals surface area contributed by atoms with Crippen molar-refractivity contribution in [3.63, 3.8) is 0 Å². The Morgan fingerprint density at radius 1 is 0.810 bits per heavy atom. The lowest BCUT2D eigenvalue weighted by Crippen LogP contribution is -2.27. The minimum atomic E-state index is -0.276. The number of rotatable bonds is 8. The van der Waals surface area contributed by atoms with Crippen LogP contribution in [-0.4, -0.2) is 18.2 Å². The summed E-state index contributed by atoms with van der Waals surface area (Å²) in [7, 11) is 2.01. The highest BCUT2D eigenvalue weighted by atomic mass is 32.2. The monoisotopic (exact) mass is 594 g/mol. The van der Waals surface area contributed by atoms with Gasteiger partial charge in [-0.15, -0.1) is 0 Å². The Labute approximate surface area is 258 Å². The predicted octanol–water partition coefficient (Wildman–Crippen LogP) is 10.4. The van der Waals surface area contributed by atoms with Crippen molar-refractivity contribution >= 4 is 46.0 Å². The van der Waals surface area contributed by atoms with Gasteiger partial charge < -0.3 is 4.90 Å². The van der Waals surface area contributed by atoms with Gasteiger partial charge in [-0.05, 0) is 102 Å². The molecule has 1 saturated carbocycles. The summed E-state index contributed by atoms with van der Waals surface area (Å²) >= 11 is 2.65. The first kappa shape index (κ1) is 28.9. The van der Waals surface area contributed by atoms with Crippen molar-refractivity contribution in [2.24, 2.45) is 5.92 Å². The van der Waals surface area contributed by atoms with Crippen LogP contribution >= 0.6 is 23.5 Å². The van der Waals surface area contributed by atoms with Crippen LogP contribution in [0.1, 0.15) is 69.8 Å². The maximum Gasteiger partial charge on any atom is 0.298 e. The fraction of sp³-hybridized carbons (Fsp3) is 0.333. The summed E-state index contributed by atoms with van der Waals surface area (Å²) in [6.07, 6.45) is 14.5. The number of anilines is 2. The maximum atomic E-state index is 13.2. The molecular weight excluding hydrogens is 557 g/mol. The van der Waals surface area contributed by atoms with Crippen molar-refractivity contribution in [1.29, 1.82) is 0 Å². The van der Waals surface area contributed by atoms with Crippen LogP contribution < -0.4 is 9.80 Å². The van der Waals surface area contributed by atoms with E-state index in [0.29, 0.717) is 16.5 Å². The Bertz CT molecular complexity index is 1500. The van der Waals surface area contributed by atoms with Crippen molar-refractivity contribution in [3.8, 4) is 11.1 Å². The third-order valence-corrected chi connectivity index (χ3v) is 10.9. The molecule has 42 heavy (non-hydrogen) atoms. The number of allylic oxidation sites excluding steroid dienone is 2. The van der Waals surface area contributed by atoms with Crippen molar-refractivity contribution in [2.45, 2.75) is 69.1 Å². The summed E-state index contributed by atoms with van der Waals surface area (Å²) in [6.45, 7) is 2.28. The average Bonchev–Trinajstić information content (AvgIpc) is 3.50. The number of fused-ring (bicyclic) bond motifs is 1. The lowest BCUT2D eigenvalue weighted by Gasteiger charge is -2.29. The molecule has 1 saturated heterocycles. The molecule has 3 aliphatic rings. The number of benzene rings is 3. The number of unbranched alkanes of at least 4 members (excludes halogenated alkanes) is 2. The molecule has 4 nitrogen and oxygen atoms in total. The fourth-order valence-electron chi connectivity index (χ4n) is 6.34. The molecule has 3 aromatic rings. The molecule has 6 heteroatoms. The second-order valence-corrected chi connectivity index (χ2v) is 13.6. The molecule has 6 rings (SSSR count). The third-order valence-electron chi connectivity index (χ3n) is 8.85. The van der Waals surface area contributed by atoms with Gasteiger partial charge in [-0.3, -0.25) is 9.59 Å². The van der Waals surface area contributed by atoms with Crippen LogP contribution in [0.3, 0.4) is 0 Å². The van der Waals surface area contributed by atoms with Crippen molar-refractivity contribution in [2.75, 3.05) is 16.8 Å². The standard InChI is InChI=1S/C36H38N2O2S2/c1-3-4-5-8-25-11-13-26(14-12-25)27-15-17-28(18-16-27)29-19-21-30(22-20-29)38-35(39)33(42-36(38)40)23-24-34-37(2)31-9-6-7-10-32(31)41-34/h6-7,9-10,15-26H,3-5,8,11-14H2,1-2H3/b33-23-,34-24+. The summed E-state index contributed by atoms with van der Waals surface area (Å²) in [5.74, 6) is 1.32. The molecule has 216 valence electrons. The molecule has 0 radical (unpaired) electrons. The maximum absolute atomic E-state index is 13.2. The quantitative estimate of drug-likeness (QED) is 0.192. The highest BCUT2D eigenvalue weighted by Crippen LogP contribution is 2.45. The van der Waals surface area contributed by atoms with Gasteiger partial charge in [-0.25, -0.2) is 4.90 Å². The van der Waals surface area contributed by atoms with Crippen molar-refractivity contribution in [3.05, 3.63) is 100 Å². The zero-order chi connectivity index (χ0) is 29.1. The van der Waals surface area contributed by atoms with Crippen LogP contribution in [0.15, 0.2) is 99.8 Å². The fourth-order valence-corrected chi connectivity index (χ4v) is 8.17. The van der Waals surface area contributed by atoms with Crippen molar-refractivity contribution < 1.29 is 9.59 Å².